The first kappa shape index (κ1) is 17.2. The van der Waals surface area contributed by atoms with Gasteiger partial charge in [-0.15, -0.1) is 0 Å². The van der Waals surface area contributed by atoms with Crippen molar-refractivity contribution < 1.29 is 4.39 Å². The van der Waals surface area contributed by atoms with Gasteiger partial charge < -0.3 is 9.88 Å². The van der Waals surface area contributed by atoms with Gasteiger partial charge >= 0.3 is 0 Å². The Morgan fingerprint density at radius 1 is 1.29 bits per heavy atom. The number of halogens is 1. The van der Waals surface area contributed by atoms with Gasteiger partial charge in [0, 0.05) is 22.1 Å². The van der Waals surface area contributed by atoms with Gasteiger partial charge in [-0.25, -0.2) is 4.39 Å². The molecule has 0 saturated carbocycles. The number of hydrogen-bond acceptors (Lipinski definition) is 1. The predicted octanol–water partition coefficient (Wildman–Crippen LogP) is 5.67. The van der Waals surface area contributed by atoms with Crippen LogP contribution in [0.5, 0.6) is 0 Å². The first-order valence-electron chi connectivity index (χ1n) is 9.11. The third-order valence-electron chi connectivity index (χ3n) is 5.87. The zero-order valence-electron chi connectivity index (χ0n) is 15.4. The van der Waals surface area contributed by atoms with Crippen LogP contribution in [0.3, 0.4) is 0 Å². The van der Waals surface area contributed by atoms with Gasteiger partial charge in [0.15, 0.2) is 0 Å². The van der Waals surface area contributed by atoms with E-state index in [1.807, 2.05) is 6.07 Å². The van der Waals surface area contributed by atoms with E-state index in [9.17, 15) is 4.39 Å². The van der Waals surface area contributed by atoms with Crippen LogP contribution >= 0.6 is 0 Å². The molecule has 130 valence electrons. The fourth-order valence-electron chi connectivity index (χ4n) is 4.09. The summed E-state index contributed by atoms with van der Waals surface area (Å²) in [6.07, 6.45) is 9.57. The SMILES string of the molecule is CCCCC1(N(C)C)CC=C(c2[nH]c3ccc(F)cc3c2C)CC1. The number of aromatic nitrogens is 1. The van der Waals surface area contributed by atoms with Crippen molar-refractivity contribution in [3.63, 3.8) is 0 Å². The van der Waals surface area contributed by atoms with E-state index in [1.54, 1.807) is 6.07 Å². The van der Waals surface area contributed by atoms with Crippen LogP contribution in [0.1, 0.15) is 56.7 Å². The Hall–Kier alpha value is -1.61. The van der Waals surface area contributed by atoms with E-state index < -0.39 is 0 Å². The quantitative estimate of drug-likeness (QED) is 0.749. The number of nitrogens with one attached hydrogen (secondary N) is 1. The zero-order chi connectivity index (χ0) is 17.3. The van der Waals surface area contributed by atoms with E-state index in [0.29, 0.717) is 5.54 Å². The third kappa shape index (κ3) is 3.02. The van der Waals surface area contributed by atoms with Crippen molar-refractivity contribution >= 4 is 16.5 Å². The van der Waals surface area contributed by atoms with Crippen molar-refractivity contribution in [2.45, 2.75) is 57.9 Å². The van der Waals surface area contributed by atoms with Gasteiger partial charge in [-0.2, -0.15) is 0 Å². The van der Waals surface area contributed by atoms with Crippen LogP contribution in [0.15, 0.2) is 24.3 Å². The highest BCUT2D eigenvalue weighted by Gasteiger charge is 2.34. The van der Waals surface area contributed by atoms with E-state index in [-0.39, 0.29) is 5.82 Å². The summed E-state index contributed by atoms with van der Waals surface area (Å²) >= 11 is 0. The van der Waals surface area contributed by atoms with Gasteiger partial charge in [0.05, 0.1) is 0 Å². The Kier molecular flexibility index (Phi) is 4.82. The number of nitrogens with zero attached hydrogens (tertiary/aromatic N) is 1. The summed E-state index contributed by atoms with van der Waals surface area (Å²) in [5.41, 5.74) is 5.07. The van der Waals surface area contributed by atoms with Crippen LogP contribution in [-0.2, 0) is 0 Å². The lowest BCUT2D eigenvalue weighted by Crippen LogP contribution is -2.45. The molecule has 0 spiro atoms. The summed E-state index contributed by atoms with van der Waals surface area (Å²) in [7, 11) is 4.43. The molecule has 24 heavy (non-hydrogen) atoms. The van der Waals surface area contributed by atoms with E-state index in [0.717, 1.165) is 23.7 Å². The maximum atomic E-state index is 13.5. The Balaban J connectivity index is 1.91. The van der Waals surface area contributed by atoms with Gasteiger partial charge in [-0.1, -0.05) is 25.8 Å². The molecule has 2 aromatic rings. The molecule has 2 nitrogen and oxygen atoms in total. The second kappa shape index (κ2) is 6.72. The van der Waals surface area contributed by atoms with Gasteiger partial charge in [0.25, 0.3) is 0 Å². The highest BCUT2D eigenvalue weighted by atomic mass is 19.1. The Labute approximate surface area is 144 Å². The lowest BCUT2D eigenvalue weighted by atomic mass is 9.77. The van der Waals surface area contributed by atoms with Crippen molar-refractivity contribution in [3.05, 3.63) is 41.3 Å². The average Bonchev–Trinajstić information content (AvgIpc) is 2.90. The number of hydrogen-bond donors (Lipinski definition) is 1. The Morgan fingerprint density at radius 2 is 2.08 bits per heavy atom. The maximum Gasteiger partial charge on any atom is 0.123 e. The summed E-state index contributed by atoms with van der Waals surface area (Å²) in [6, 6.07) is 5.01. The normalized spacial score (nSPS) is 21.5. The van der Waals surface area contributed by atoms with Crippen LogP contribution in [0.4, 0.5) is 4.39 Å². The zero-order valence-corrected chi connectivity index (χ0v) is 15.4. The van der Waals surface area contributed by atoms with Gasteiger partial charge in [-0.3, -0.25) is 0 Å². The number of allylic oxidation sites excluding steroid dienone is 1. The summed E-state index contributed by atoms with van der Waals surface area (Å²) in [4.78, 5) is 5.93. The van der Waals surface area contributed by atoms with Gasteiger partial charge in [0.2, 0.25) is 0 Å². The van der Waals surface area contributed by atoms with Crippen molar-refractivity contribution in [2.75, 3.05) is 14.1 Å². The molecule has 1 heterocycles. The van der Waals surface area contributed by atoms with Crippen LogP contribution in [0.2, 0.25) is 0 Å². The number of H-pyrrole nitrogens is 1. The van der Waals surface area contributed by atoms with E-state index >= 15 is 0 Å². The molecular formula is C21H29FN2. The molecule has 0 amide bonds. The summed E-state index contributed by atoms with van der Waals surface area (Å²) < 4.78 is 13.5. The molecule has 1 aliphatic rings. The minimum absolute atomic E-state index is 0.167. The number of benzene rings is 1. The van der Waals surface area contributed by atoms with Crippen LogP contribution in [0, 0.1) is 12.7 Å². The molecule has 1 atom stereocenters. The molecule has 3 rings (SSSR count). The molecule has 0 aliphatic heterocycles. The Bertz CT molecular complexity index is 757. The fraction of sp³-hybridized carbons (Fsp3) is 0.524. The van der Waals surface area contributed by atoms with Gasteiger partial charge in [0.1, 0.15) is 5.82 Å². The first-order chi connectivity index (χ1) is 11.5. The topological polar surface area (TPSA) is 19.0 Å². The second-order valence-electron chi connectivity index (χ2n) is 7.47. The molecule has 0 radical (unpaired) electrons. The monoisotopic (exact) mass is 328 g/mol. The largest absolute Gasteiger partial charge is 0.355 e. The minimum atomic E-state index is -0.167. The summed E-state index contributed by atoms with van der Waals surface area (Å²) in [6.45, 7) is 4.36. The Morgan fingerprint density at radius 3 is 2.71 bits per heavy atom. The van der Waals surface area contributed by atoms with Crippen molar-refractivity contribution in [1.29, 1.82) is 0 Å². The highest BCUT2D eigenvalue weighted by molar-refractivity contribution is 5.89. The molecule has 1 unspecified atom stereocenters. The molecule has 0 bridgehead atoms. The van der Waals surface area contributed by atoms with Crippen LogP contribution in [0.25, 0.3) is 16.5 Å². The standard InChI is InChI=1S/C21H29FN2/c1-5-6-11-21(24(3)4)12-9-16(10-13-21)20-15(2)18-14-17(22)7-8-19(18)23-20/h7-9,14,23H,5-6,10-13H2,1-4H3. The number of unbranched alkanes of at least 4 members (excludes halogenated alkanes) is 1. The summed E-state index contributed by atoms with van der Waals surface area (Å²) in [5.74, 6) is -0.167. The maximum absolute atomic E-state index is 13.5. The van der Waals surface area contributed by atoms with Crippen LogP contribution in [-0.4, -0.2) is 29.5 Å². The number of aromatic amines is 1. The molecule has 0 saturated heterocycles. The van der Waals surface area contributed by atoms with Crippen molar-refractivity contribution in [3.8, 4) is 0 Å². The van der Waals surface area contributed by atoms with E-state index in [4.69, 9.17) is 0 Å². The second-order valence-corrected chi connectivity index (χ2v) is 7.47. The molecule has 1 aliphatic carbocycles. The smallest absolute Gasteiger partial charge is 0.123 e. The molecule has 3 heteroatoms. The third-order valence-corrected chi connectivity index (χ3v) is 5.87. The lowest BCUT2D eigenvalue weighted by molar-refractivity contribution is 0.124. The number of fused-ring (bicyclic) bond motifs is 1. The van der Waals surface area contributed by atoms with Crippen molar-refractivity contribution in [1.82, 2.24) is 9.88 Å². The predicted molar refractivity (Wildman–Crippen MR) is 101 cm³/mol. The molecule has 0 fully saturated rings. The molecule has 1 aromatic heterocycles. The molecular weight excluding hydrogens is 299 g/mol. The van der Waals surface area contributed by atoms with Crippen molar-refractivity contribution in [2.24, 2.45) is 0 Å². The number of rotatable bonds is 5. The molecule has 1 N–H and O–H groups in total. The lowest BCUT2D eigenvalue weighted by Gasteiger charge is -2.42. The summed E-state index contributed by atoms with van der Waals surface area (Å²) in [5, 5.41) is 1.00. The van der Waals surface area contributed by atoms with E-state index in [1.165, 1.54) is 48.6 Å². The van der Waals surface area contributed by atoms with E-state index in [2.05, 4.69) is 43.9 Å². The minimum Gasteiger partial charge on any atom is -0.355 e. The number of aryl methyl sites for hydroxylation is 1. The van der Waals surface area contributed by atoms with Gasteiger partial charge in [-0.05, 0) is 76.0 Å². The highest BCUT2D eigenvalue weighted by Crippen LogP contribution is 2.40. The van der Waals surface area contributed by atoms with Crippen LogP contribution < -0.4 is 0 Å². The average molecular weight is 328 g/mol. The first-order valence-corrected chi connectivity index (χ1v) is 9.11. The molecule has 1 aromatic carbocycles. The fourth-order valence-corrected chi connectivity index (χ4v) is 4.09.